The van der Waals surface area contributed by atoms with Crippen LogP contribution in [-0.2, 0) is 4.79 Å². The van der Waals surface area contributed by atoms with E-state index in [-0.39, 0.29) is 0 Å². The van der Waals surface area contributed by atoms with Crippen LogP contribution in [0.1, 0.15) is 32.1 Å². The lowest BCUT2D eigenvalue weighted by atomic mass is 9.93. The molecule has 2 aromatic rings. The van der Waals surface area contributed by atoms with E-state index in [0.29, 0.717) is 5.91 Å². The predicted octanol–water partition coefficient (Wildman–Crippen LogP) is 2.86. The third-order valence-electron chi connectivity index (χ3n) is 5.35. The summed E-state index contributed by atoms with van der Waals surface area (Å²) in [5, 5.41) is 0. The summed E-state index contributed by atoms with van der Waals surface area (Å²) in [5.41, 5.74) is 1.91. The van der Waals surface area contributed by atoms with E-state index in [1.54, 1.807) is 0 Å². The number of fused-ring (bicyclic) bond motifs is 1. The fourth-order valence-corrected chi connectivity index (χ4v) is 3.83. The second-order valence-corrected chi connectivity index (χ2v) is 6.92. The van der Waals surface area contributed by atoms with Crippen LogP contribution in [0, 0.1) is 5.92 Å². The van der Waals surface area contributed by atoms with Crippen molar-refractivity contribution in [1.29, 1.82) is 0 Å². The van der Waals surface area contributed by atoms with Gasteiger partial charge in [0.25, 0.3) is 0 Å². The molecule has 2 aliphatic rings. The highest BCUT2D eigenvalue weighted by atomic mass is 16.2. The number of carbonyl (C=O) groups is 1. The van der Waals surface area contributed by atoms with Crippen LogP contribution < -0.4 is 4.90 Å². The minimum Gasteiger partial charge on any atom is -0.355 e. The van der Waals surface area contributed by atoms with Gasteiger partial charge in [-0.15, -0.1) is 0 Å². The van der Waals surface area contributed by atoms with Crippen molar-refractivity contribution in [3.8, 4) is 0 Å². The first-order valence-electron chi connectivity index (χ1n) is 9.04. The van der Waals surface area contributed by atoms with Crippen LogP contribution in [0.25, 0.3) is 11.0 Å². The number of nitrogens with zero attached hydrogens (tertiary/aromatic N) is 4. The number of amides is 1. The van der Waals surface area contributed by atoms with Crippen LogP contribution in [0.3, 0.4) is 0 Å². The monoisotopic (exact) mass is 324 g/mol. The van der Waals surface area contributed by atoms with Crippen LogP contribution in [0.2, 0.25) is 0 Å². The Kier molecular flexibility index (Phi) is 4.32. The Balaban J connectivity index is 1.32. The van der Waals surface area contributed by atoms with Gasteiger partial charge in [-0.2, -0.15) is 0 Å². The summed E-state index contributed by atoms with van der Waals surface area (Å²) in [6, 6.07) is 8.02. The van der Waals surface area contributed by atoms with E-state index in [0.717, 1.165) is 68.2 Å². The molecule has 3 heterocycles. The van der Waals surface area contributed by atoms with E-state index >= 15 is 0 Å². The maximum absolute atomic E-state index is 11.7. The standard InChI is InChI=1S/C19H24N4O/c24-19-6-3-10-23(19)13-9-15-7-11-22(12-8-15)18-14-20-16-4-1-2-5-17(16)21-18/h1-2,4-5,14-15H,3,6-13H2. The van der Waals surface area contributed by atoms with E-state index in [1.807, 2.05) is 35.4 Å². The minimum atomic E-state index is 0.346. The van der Waals surface area contributed by atoms with Gasteiger partial charge in [0.05, 0.1) is 17.2 Å². The third kappa shape index (κ3) is 3.21. The summed E-state index contributed by atoms with van der Waals surface area (Å²) in [7, 11) is 0. The van der Waals surface area contributed by atoms with E-state index in [1.165, 1.54) is 12.8 Å². The second-order valence-electron chi connectivity index (χ2n) is 6.92. The summed E-state index contributed by atoms with van der Waals surface area (Å²) in [4.78, 5) is 25.4. The fourth-order valence-electron chi connectivity index (χ4n) is 3.83. The van der Waals surface area contributed by atoms with Crippen molar-refractivity contribution in [3.63, 3.8) is 0 Å². The predicted molar refractivity (Wildman–Crippen MR) is 94.9 cm³/mol. The Morgan fingerprint density at radius 1 is 1.08 bits per heavy atom. The highest BCUT2D eigenvalue weighted by Crippen LogP contribution is 2.25. The molecule has 0 unspecified atom stereocenters. The number of likely N-dealkylation sites (tertiary alicyclic amines) is 1. The average Bonchev–Trinajstić information content (AvgIpc) is 3.05. The summed E-state index contributed by atoms with van der Waals surface area (Å²) in [5.74, 6) is 2.06. The third-order valence-corrected chi connectivity index (χ3v) is 5.35. The maximum atomic E-state index is 11.7. The van der Waals surface area contributed by atoms with Gasteiger partial charge >= 0.3 is 0 Å². The van der Waals surface area contributed by atoms with E-state index in [9.17, 15) is 4.79 Å². The number of aromatic nitrogens is 2. The normalized spacial score (nSPS) is 19.4. The molecule has 0 spiro atoms. The van der Waals surface area contributed by atoms with Crippen LogP contribution in [0.15, 0.2) is 30.5 Å². The zero-order valence-corrected chi connectivity index (χ0v) is 14.0. The minimum absolute atomic E-state index is 0.346. The molecule has 0 atom stereocenters. The molecule has 0 bridgehead atoms. The topological polar surface area (TPSA) is 49.3 Å². The number of hydrogen-bond acceptors (Lipinski definition) is 4. The van der Waals surface area contributed by atoms with Gasteiger partial charge in [0, 0.05) is 32.6 Å². The molecule has 126 valence electrons. The van der Waals surface area contributed by atoms with Crippen molar-refractivity contribution in [3.05, 3.63) is 30.5 Å². The highest BCUT2D eigenvalue weighted by Gasteiger charge is 2.24. The van der Waals surface area contributed by atoms with Gasteiger partial charge in [-0.3, -0.25) is 9.78 Å². The summed E-state index contributed by atoms with van der Waals surface area (Å²) in [6.45, 7) is 3.97. The fraction of sp³-hybridized carbons (Fsp3) is 0.526. The number of carbonyl (C=O) groups excluding carboxylic acids is 1. The zero-order valence-electron chi connectivity index (χ0n) is 14.0. The maximum Gasteiger partial charge on any atom is 0.222 e. The van der Waals surface area contributed by atoms with Gasteiger partial charge < -0.3 is 9.80 Å². The van der Waals surface area contributed by atoms with Crippen LogP contribution >= 0.6 is 0 Å². The smallest absolute Gasteiger partial charge is 0.222 e. The molecule has 1 aromatic heterocycles. The summed E-state index contributed by atoms with van der Waals surface area (Å²) in [6.07, 6.45) is 7.18. The SMILES string of the molecule is O=C1CCCN1CCC1CCN(c2cnc3ccccc3n2)CC1. The van der Waals surface area contributed by atoms with Gasteiger partial charge in [0.15, 0.2) is 0 Å². The molecular weight excluding hydrogens is 300 g/mol. The summed E-state index contributed by atoms with van der Waals surface area (Å²) < 4.78 is 0. The van der Waals surface area contributed by atoms with Gasteiger partial charge in [0.1, 0.15) is 5.82 Å². The van der Waals surface area contributed by atoms with E-state index in [2.05, 4.69) is 9.88 Å². The largest absolute Gasteiger partial charge is 0.355 e. The van der Waals surface area contributed by atoms with Crippen molar-refractivity contribution in [1.82, 2.24) is 14.9 Å². The molecule has 2 aliphatic heterocycles. The number of hydrogen-bond donors (Lipinski definition) is 0. The van der Waals surface area contributed by atoms with Gasteiger partial charge in [-0.25, -0.2) is 4.98 Å². The summed E-state index contributed by atoms with van der Waals surface area (Å²) >= 11 is 0. The molecule has 0 aliphatic carbocycles. The average molecular weight is 324 g/mol. The quantitative estimate of drug-likeness (QED) is 0.868. The second kappa shape index (κ2) is 6.75. The molecule has 24 heavy (non-hydrogen) atoms. The number of benzene rings is 1. The molecule has 0 saturated carbocycles. The van der Waals surface area contributed by atoms with E-state index < -0.39 is 0 Å². The number of anilines is 1. The molecule has 1 aromatic carbocycles. The lowest BCUT2D eigenvalue weighted by Crippen LogP contribution is -2.36. The van der Waals surface area contributed by atoms with Crippen LogP contribution in [0.4, 0.5) is 5.82 Å². The van der Waals surface area contributed by atoms with Gasteiger partial charge in [0.2, 0.25) is 5.91 Å². The highest BCUT2D eigenvalue weighted by molar-refractivity contribution is 5.78. The molecule has 0 N–H and O–H groups in total. The molecule has 1 amide bonds. The Morgan fingerprint density at radius 2 is 1.88 bits per heavy atom. The first-order valence-corrected chi connectivity index (χ1v) is 9.04. The van der Waals surface area contributed by atoms with Gasteiger partial charge in [-0.1, -0.05) is 12.1 Å². The lowest BCUT2D eigenvalue weighted by Gasteiger charge is -2.33. The van der Waals surface area contributed by atoms with Crippen LogP contribution in [0.5, 0.6) is 0 Å². The number of piperidine rings is 1. The molecular formula is C19H24N4O. The first-order chi connectivity index (χ1) is 11.8. The Hall–Kier alpha value is -2.17. The Bertz CT molecular complexity index is 724. The lowest BCUT2D eigenvalue weighted by molar-refractivity contribution is -0.127. The van der Waals surface area contributed by atoms with E-state index in [4.69, 9.17) is 4.98 Å². The molecule has 5 nitrogen and oxygen atoms in total. The van der Waals surface area contributed by atoms with Crippen molar-refractivity contribution < 1.29 is 4.79 Å². The number of rotatable bonds is 4. The van der Waals surface area contributed by atoms with Crippen molar-refractivity contribution in [2.45, 2.75) is 32.1 Å². The molecule has 5 heteroatoms. The first kappa shape index (κ1) is 15.4. The molecule has 2 saturated heterocycles. The zero-order chi connectivity index (χ0) is 16.4. The molecule has 2 fully saturated rings. The molecule has 4 rings (SSSR count). The van der Waals surface area contributed by atoms with Gasteiger partial charge in [-0.05, 0) is 43.7 Å². The Labute approximate surface area is 142 Å². The molecule has 0 radical (unpaired) electrons. The number of para-hydroxylation sites is 2. The van der Waals surface area contributed by atoms with Crippen molar-refractivity contribution in [2.75, 3.05) is 31.1 Å². The van der Waals surface area contributed by atoms with Crippen molar-refractivity contribution in [2.24, 2.45) is 5.92 Å². The Morgan fingerprint density at radius 3 is 2.62 bits per heavy atom. The van der Waals surface area contributed by atoms with Crippen molar-refractivity contribution >= 4 is 22.8 Å². The van der Waals surface area contributed by atoms with Crippen LogP contribution in [-0.4, -0.2) is 47.0 Å².